The fourth-order valence-corrected chi connectivity index (χ4v) is 2.98. The Morgan fingerprint density at radius 3 is 2.96 bits per heavy atom. The first-order chi connectivity index (χ1) is 12.2. The van der Waals surface area contributed by atoms with Crippen LogP contribution in [0.25, 0.3) is 11.4 Å². The van der Waals surface area contributed by atoms with E-state index >= 15 is 0 Å². The largest absolute Gasteiger partial charge is 0.355 e. The molecule has 25 heavy (non-hydrogen) atoms. The van der Waals surface area contributed by atoms with Gasteiger partial charge < -0.3 is 15.6 Å². The lowest BCUT2D eigenvalue weighted by Crippen LogP contribution is -2.43. The second-order valence-electron chi connectivity index (χ2n) is 6.17. The van der Waals surface area contributed by atoms with Crippen molar-refractivity contribution in [3.05, 3.63) is 36.0 Å². The molecule has 8 heteroatoms. The molecule has 0 bridgehead atoms. The standard InChI is InChI=1S/C17H22FN5O2/c18-14-5-3-12(4-6-14)16-21-15(25-22-16)11-23-9-1-2-13(10-23)17(24)20-8-7-19/h3-6,13H,1-2,7-11,19H2,(H,20,24). The summed E-state index contributed by atoms with van der Waals surface area (Å²) >= 11 is 0. The van der Waals surface area contributed by atoms with Gasteiger partial charge in [-0.15, -0.1) is 0 Å². The maximum atomic E-state index is 13.0. The van der Waals surface area contributed by atoms with Crippen molar-refractivity contribution in [1.29, 1.82) is 0 Å². The molecule has 0 spiro atoms. The molecule has 2 aromatic rings. The van der Waals surface area contributed by atoms with Crippen molar-refractivity contribution >= 4 is 5.91 Å². The van der Waals surface area contributed by atoms with Crippen LogP contribution in [-0.2, 0) is 11.3 Å². The molecule has 1 amide bonds. The second kappa shape index (κ2) is 8.17. The second-order valence-corrected chi connectivity index (χ2v) is 6.17. The number of nitrogens with zero attached hydrogens (tertiary/aromatic N) is 3. The predicted octanol–water partition coefficient (Wildman–Crippen LogP) is 1.16. The molecule has 2 heterocycles. The minimum Gasteiger partial charge on any atom is -0.355 e. The molecular weight excluding hydrogens is 325 g/mol. The normalized spacial score (nSPS) is 18.2. The van der Waals surface area contributed by atoms with Crippen molar-refractivity contribution in [2.45, 2.75) is 19.4 Å². The smallest absolute Gasteiger partial charge is 0.241 e. The van der Waals surface area contributed by atoms with Crippen molar-refractivity contribution in [1.82, 2.24) is 20.4 Å². The van der Waals surface area contributed by atoms with E-state index in [9.17, 15) is 9.18 Å². The van der Waals surface area contributed by atoms with Crippen molar-refractivity contribution in [3.8, 4) is 11.4 Å². The Morgan fingerprint density at radius 2 is 2.20 bits per heavy atom. The van der Waals surface area contributed by atoms with Gasteiger partial charge in [0, 0.05) is 25.2 Å². The summed E-state index contributed by atoms with van der Waals surface area (Å²) in [4.78, 5) is 18.6. The zero-order valence-electron chi connectivity index (χ0n) is 13.9. The maximum Gasteiger partial charge on any atom is 0.241 e. The first-order valence-corrected chi connectivity index (χ1v) is 8.44. The van der Waals surface area contributed by atoms with Gasteiger partial charge in [0.05, 0.1) is 12.5 Å². The van der Waals surface area contributed by atoms with Gasteiger partial charge in [0.2, 0.25) is 17.6 Å². The van der Waals surface area contributed by atoms with E-state index in [4.69, 9.17) is 10.3 Å². The SMILES string of the molecule is NCCNC(=O)C1CCCN(Cc2nc(-c3ccc(F)cc3)no2)C1. The van der Waals surface area contributed by atoms with E-state index in [1.54, 1.807) is 12.1 Å². The number of halogens is 1. The van der Waals surface area contributed by atoms with Crippen LogP contribution in [0.3, 0.4) is 0 Å². The molecule has 1 fully saturated rings. The lowest BCUT2D eigenvalue weighted by molar-refractivity contribution is -0.126. The number of rotatable bonds is 6. The molecule has 1 unspecified atom stereocenters. The molecular formula is C17H22FN5O2. The van der Waals surface area contributed by atoms with Crippen molar-refractivity contribution in [3.63, 3.8) is 0 Å². The fraction of sp³-hybridized carbons (Fsp3) is 0.471. The fourth-order valence-electron chi connectivity index (χ4n) is 2.98. The van der Waals surface area contributed by atoms with Gasteiger partial charge in [-0.2, -0.15) is 4.98 Å². The highest BCUT2D eigenvalue weighted by atomic mass is 19.1. The highest BCUT2D eigenvalue weighted by Gasteiger charge is 2.26. The highest BCUT2D eigenvalue weighted by molar-refractivity contribution is 5.78. The average molecular weight is 347 g/mol. The first kappa shape index (κ1) is 17.5. The molecule has 1 aliphatic rings. The Morgan fingerprint density at radius 1 is 1.40 bits per heavy atom. The maximum absolute atomic E-state index is 13.0. The van der Waals surface area contributed by atoms with Crippen LogP contribution in [0.2, 0.25) is 0 Å². The number of aromatic nitrogens is 2. The number of amides is 1. The number of carbonyl (C=O) groups excluding carboxylic acids is 1. The highest BCUT2D eigenvalue weighted by Crippen LogP contribution is 2.20. The van der Waals surface area contributed by atoms with Crippen LogP contribution in [-0.4, -0.2) is 47.1 Å². The molecule has 7 nitrogen and oxygen atoms in total. The summed E-state index contributed by atoms with van der Waals surface area (Å²) in [5.41, 5.74) is 6.12. The number of nitrogens with two attached hydrogens (primary N) is 1. The number of carbonyl (C=O) groups is 1. The molecule has 1 aromatic heterocycles. The summed E-state index contributed by atoms with van der Waals surface area (Å²) in [6, 6.07) is 5.95. The molecule has 0 radical (unpaired) electrons. The van der Waals surface area contributed by atoms with Crippen LogP contribution in [0.5, 0.6) is 0 Å². The Hall–Kier alpha value is -2.32. The molecule has 134 valence electrons. The Labute approximate surface area is 145 Å². The van der Waals surface area contributed by atoms with Crippen LogP contribution >= 0.6 is 0 Å². The third-order valence-corrected chi connectivity index (χ3v) is 4.25. The molecule has 0 saturated carbocycles. The van der Waals surface area contributed by atoms with Crippen LogP contribution < -0.4 is 11.1 Å². The van der Waals surface area contributed by atoms with E-state index in [2.05, 4.69) is 20.4 Å². The van der Waals surface area contributed by atoms with Gasteiger partial charge in [0.25, 0.3) is 0 Å². The summed E-state index contributed by atoms with van der Waals surface area (Å²) in [7, 11) is 0. The number of nitrogens with one attached hydrogen (secondary N) is 1. The van der Waals surface area contributed by atoms with Crippen LogP contribution in [0.4, 0.5) is 4.39 Å². The summed E-state index contributed by atoms with van der Waals surface area (Å²) < 4.78 is 18.3. The lowest BCUT2D eigenvalue weighted by atomic mass is 9.97. The van der Waals surface area contributed by atoms with Gasteiger partial charge in [-0.3, -0.25) is 9.69 Å². The van der Waals surface area contributed by atoms with Crippen LogP contribution in [0.15, 0.2) is 28.8 Å². The van der Waals surface area contributed by atoms with E-state index in [-0.39, 0.29) is 17.6 Å². The molecule has 1 saturated heterocycles. The number of hydrogen-bond donors (Lipinski definition) is 2. The van der Waals surface area contributed by atoms with Gasteiger partial charge in [0.15, 0.2) is 0 Å². The number of likely N-dealkylation sites (tertiary alicyclic amines) is 1. The summed E-state index contributed by atoms with van der Waals surface area (Å²) in [5, 5.41) is 6.79. The first-order valence-electron chi connectivity index (χ1n) is 8.44. The Bertz CT molecular complexity index is 703. The number of hydrogen-bond acceptors (Lipinski definition) is 6. The topological polar surface area (TPSA) is 97.3 Å². The monoisotopic (exact) mass is 347 g/mol. The van der Waals surface area contributed by atoms with Gasteiger partial charge in [-0.25, -0.2) is 4.39 Å². The van der Waals surface area contributed by atoms with E-state index in [1.807, 2.05) is 0 Å². The van der Waals surface area contributed by atoms with E-state index in [0.717, 1.165) is 19.4 Å². The molecule has 1 aromatic carbocycles. The van der Waals surface area contributed by atoms with Crippen molar-refractivity contribution in [2.24, 2.45) is 11.7 Å². The number of benzene rings is 1. The lowest BCUT2D eigenvalue weighted by Gasteiger charge is -2.30. The van der Waals surface area contributed by atoms with Gasteiger partial charge in [-0.1, -0.05) is 5.16 Å². The molecule has 3 N–H and O–H groups in total. The Kier molecular flexibility index (Phi) is 5.72. The zero-order chi connectivity index (χ0) is 17.6. The zero-order valence-corrected chi connectivity index (χ0v) is 13.9. The third kappa shape index (κ3) is 4.61. The van der Waals surface area contributed by atoms with Crippen molar-refractivity contribution in [2.75, 3.05) is 26.2 Å². The quantitative estimate of drug-likeness (QED) is 0.814. The summed E-state index contributed by atoms with van der Waals surface area (Å²) in [5.74, 6) is 0.624. The van der Waals surface area contributed by atoms with E-state index in [0.29, 0.717) is 43.5 Å². The van der Waals surface area contributed by atoms with E-state index < -0.39 is 0 Å². The van der Waals surface area contributed by atoms with Crippen LogP contribution in [0, 0.1) is 11.7 Å². The molecule has 1 aliphatic heterocycles. The third-order valence-electron chi connectivity index (χ3n) is 4.25. The number of piperidine rings is 1. The predicted molar refractivity (Wildman–Crippen MR) is 89.8 cm³/mol. The van der Waals surface area contributed by atoms with Gasteiger partial charge in [0.1, 0.15) is 5.82 Å². The molecule has 3 rings (SSSR count). The summed E-state index contributed by atoms with van der Waals surface area (Å²) in [6.07, 6.45) is 1.82. The summed E-state index contributed by atoms with van der Waals surface area (Å²) in [6.45, 7) is 2.98. The van der Waals surface area contributed by atoms with Crippen molar-refractivity contribution < 1.29 is 13.7 Å². The van der Waals surface area contributed by atoms with Crippen LogP contribution in [0.1, 0.15) is 18.7 Å². The van der Waals surface area contributed by atoms with Gasteiger partial charge in [-0.05, 0) is 43.7 Å². The van der Waals surface area contributed by atoms with E-state index in [1.165, 1.54) is 12.1 Å². The molecule has 0 aliphatic carbocycles. The molecule has 1 atom stereocenters. The minimum atomic E-state index is -0.306. The minimum absolute atomic E-state index is 0.0419. The van der Waals surface area contributed by atoms with Gasteiger partial charge >= 0.3 is 0 Å². The average Bonchev–Trinajstić information content (AvgIpc) is 3.09. The Balaban J connectivity index is 1.59.